The lowest BCUT2D eigenvalue weighted by molar-refractivity contribution is 0.102. The van der Waals surface area contributed by atoms with E-state index in [0.717, 1.165) is 13.0 Å². The maximum absolute atomic E-state index is 13.1. The van der Waals surface area contributed by atoms with E-state index in [1.165, 1.54) is 30.6 Å². The van der Waals surface area contributed by atoms with Crippen LogP contribution in [0.3, 0.4) is 0 Å². The van der Waals surface area contributed by atoms with Crippen LogP contribution in [0.25, 0.3) is 0 Å². The predicted octanol–water partition coefficient (Wildman–Crippen LogP) is 3.33. The lowest BCUT2D eigenvalue weighted by Crippen LogP contribution is -2.14. The summed E-state index contributed by atoms with van der Waals surface area (Å²) in [5.41, 5.74) is 0.711. The molecule has 1 aromatic heterocycles. The molecule has 2 aromatic rings. The van der Waals surface area contributed by atoms with E-state index in [4.69, 9.17) is 0 Å². The van der Waals surface area contributed by atoms with Crippen LogP contribution in [0.1, 0.15) is 30.6 Å². The fraction of sp³-hybridized carbons (Fsp3) is 0.312. The number of hydrogen-bond donors (Lipinski definition) is 2. The molecule has 1 heterocycles. The fourth-order valence-corrected chi connectivity index (χ4v) is 1.78. The Bertz CT molecular complexity index is 628. The zero-order chi connectivity index (χ0) is 15.9. The van der Waals surface area contributed by atoms with Crippen molar-refractivity contribution in [2.24, 2.45) is 5.92 Å². The van der Waals surface area contributed by atoms with Crippen molar-refractivity contribution in [1.82, 2.24) is 9.97 Å². The summed E-state index contributed by atoms with van der Waals surface area (Å²) in [6.45, 7) is 5.07. The molecular weight excluding hydrogens is 283 g/mol. The smallest absolute Gasteiger partial charge is 0.258 e. The van der Waals surface area contributed by atoms with E-state index >= 15 is 0 Å². The number of carbonyl (C=O) groups is 1. The summed E-state index contributed by atoms with van der Waals surface area (Å²) in [7, 11) is 0. The first-order chi connectivity index (χ1) is 10.5. The second-order valence-corrected chi connectivity index (χ2v) is 5.37. The minimum atomic E-state index is -0.404. The zero-order valence-electron chi connectivity index (χ0n) is 12.6. The molecule has 5 nitrogen and oxygen atoms in total. The Morgan fingerprint density at radius 1 is 1.27 bits per heavy atom. The van der Waals surface area contributed by atoms with Gasteiger partial charge in [0.05, 0.1) is 5.56 Å². The molecular formula is C16H19FN4O. The Hall–Kier alpha value is -2.50. The van der Waals surface area contributed by atoms with Gasteiger partial charge in [-0.05, 0) is 30.5 Å². The van der Waals surface area contributed by atoms with Crippen LogP contribution < -0.4 is 10.6 Å². The van der Waals surface area contributed by atoms with Crippen molar-refractivity contribution in [2.45, 2.75) is 20.3 Å². The van der Waals surface area contributed by atoms with Crippen LogP contribution in [0.5, 0.6) is 0 Å². The lowest BCUT2D eigenvalue weighted by Gasteiger charge is -2.08. The van der Waals surface area contributed by atoms with Crippen molar-refractivity contribution < 1.29 is 9.18 Å². The molecule has 6 heteroatoms. The van der Waals surface area contributed by atoms with Crippen LogP contribution in [0.2, 0.25) is 0 Å². The van der Waals surface area contributed by atoms with Gasteiger partial charge in [-0.2, -0.15) is 0 Å². The highest BCUT2D eigenvalue weighted by Gasteiger charge is 2.08. The Kier molecular flexibility index (Phi) is 5.41. The molecule has 22 heavy (non-hydrogen) atoms. The SMILES string of the molecule is CC(C)CCNc1ncc(C(=O)Nc2cccc(F)c2)cn1. The summed E-state index contributed by atoms with van der Waals surface area (Å²) in [5, 5.41) is 5.69. The number of nitrogens with zero attached hydrogens (tertiary/aromatic N) is 2. The zero-order valence-corrected chi connectivity index (χ0v) is 12.6. The molecule has 0 atom stereocenters. The van der Waals surface area contributed by atoms with Crippen LogP contribution in [-0.4, -0.2) is 22.4 Å². The molecule has 0 unspecified atom stereocenters. The van der Waals surface area contributed by atoms with E-state index < -0.39 is 5.82 Å². The normalized spacial score (nSPS) is 10.5. The summed E-state index contributed by atoms with van der Waals surface area (Å²) in [6.07, 6.45) is 3.91. The number of halogens is 1. The molecule has 116 valence electrons. The third-order valence-corrected chi connectivity index (χ3v) is 3.00. The van der Waals surface area contributed by atoms with Crippen molar-refractivity contribution in [1.29, 1.82) is 0 Å². The van der Waals surface area contributed by atoms with Crippen molar-refractivity contribution in [3.05, 3.63) is 48.0 Å². The molecule has 0 aliphatic carbocycles. The average Bonchev–Trinajstić information content (AvgIpc) is 2.47. The van der Waals surface area contributed by atoms with Crippen LogP contribution in [0, 0.1) is 11.7 Å². The number of rotatable bonds is 6. The van der Waals surface area contributed by atoms with Gasteiger partial charge in [-0.15, -0.1) is 0 Å². The number of benzene rings is 1. The summed E-state index contributed by atoms with van der Waals surface area (Å²) in [6, 6.07) is 5.71. The van der Waals surface area contributed by atoms with E-state index in [1.807, 2.05) is 0 Å². The van der Waals surface area contributed by atoms with Crippen LogP contribution in [-0.2, 0) is 0 Å². The molecule has 2 rings (SSSR count). The van der Waals surface area contributed by atoms with Gasteiger partial charge in [0.1, 0.15) is 5.82 Å². The molecule has 0 saturated carbocycles. The maximum atomic E-state index is 13.1. The minimum absolute atomic E-state index is 0.318. The van der Waals surface area contributed by atoms with Gasteiger partial charge in [0.25, 0.3) is 5.91 Å². The van der Waals surface area contributed by atoms with Gasteiger partial charge in [0.15, 0.2) is 0 Å². The summed E-state index contributed by atoms with van der Waals surface area (Å²) < 4.78 is 13.1. The first kappa shape index (κ1) is 15.9. The Labute approximate surface area is 129 Å². The van der Waals surface area contributed by atoms with Crippen molar-refractivity contribution in [3.63, 3.8) is 0 Å². The molecule has 0 saturated heterocycles. The molecule has 0 bridgehead atoms. The predicted molar refractivity (Wildman–Crippen MR) is 84.3 cm³/mol. The van der Waals surface area contributed by atoms with Crippen LogP contribution >= 0.6 is 0 Å². The third-order valence-electron chi connectivity index (χ3n) is 3.00. The molecule has 1 aromatic carbocycles. The summed E-state index contributed by atoms with van der Waals surface area (Å²) >= 11 is 0. The highest BCUT2D eigenvalue weighted by atomic mass is 19.1. The minimum Gasteiger partial charge on any atom is -0.354 e. The highest BCUT2D eigenvalue weighted by molar-refractivity contribution is 6.03. The maximum Gasteiger partial charge on any atom is 0.258 e. The monoisotopic (exact) mass is 302 g/mol. The van der Waals surface area contributed by atoms with E-state index in [2.05, 4.69) is 34.4 Å². The third kappa shape index (κ3) is 4.80. The standard InChI is InChI=1S/C16H19FN4O/c1-11(2)6-7-18-16-19-9-12(10-20-16)15(22)21-14-5-3-4-13(17)8-14/h3-5,8-11H,6-7H2,1-2H3,(H,21,22)(H,18,19,20). The van der Waals surface area contributed by atoms with Gasteiger partial charge in [-0.25, -0.2) is 14.4 Å². The number of amides is 1. The van der Waals surface area contributed by atoms with E-state index in [1.54, 1.807) is 6.07 Å². The second kappa shape index (κ2) is 7.49. The molecule has 2 N–H and O–H groups in total. The summed E-state index contributed by atoms with van der Waals surface area (Å²) in [4.78, 5) is 20.2. The summed E-state index contributed by atoms with van der Waals surface area (Å²) in [5.74, 6) is 0.310. The first-order valence-electron chi connectivity index (χ1n) is 7.17. The molecule has 0 aliphatic heterocycles. The highest BCUT2D eigenvalue weighted by Crippen LogP contribution is 2.11. The van der Waals surface area contributed by atoms with Gasteiger partial charge in [-0.3, -0.25) is 4.79 Å². The molecule has 1 amide bonds. The average molecular weight is 302 g/mol. The van der Waals surface area contributed by atoms with Crippen LogP contribution in [0.4, 0.5) is 16.0 Å². The molecule has 0 spiro atoms. The number of aromatic nitrogens is 2. The lowest BCUT2D eigenvalue weighted by atomic mass is 10.1. The number of anilines is 2. The number of hydrogen-bond acceptors (Lipinski definition) is 4. The van der Waals surface area contributed by atoms with Crippen molar-refractivity contribution in [2.75, 3.05) is 17.2 Å². The Morgan fingerprint density at radius 2 is 2.00 bits per heavy atom. The second-order valence-electron chi connectivity index (χ2n) is 5.37. The van der Waals surface area contributed by atoms with Gasteiger partial charge < -0.3 is 10.6 Å². The van der Waals surface area contributed by atoms with E-state index in [-0.39, 0.29) is 5.91 Å². The van der Waals surface area contributed by atoms with Gasteiger partial charge in [0.2, 0.25) is 5.95 Å². The van der Waals surface area contributed by atoms with Crippen LogP contribution in [0.15, 0.2) is 36.7 Å². The van der Waals surface area contributed by atoms with Crippen molar-refractivity contribution >= 4 is 17.5 Å². The molecule has 0 aliphatic rings. The number of nitrogens with one attached hydrogen (secondary N) is 2. The quantitative estimate of drug-likeness (QED) is 0.859. The van der Waals surface area contributed by atoms with Gasteiger partial charge in [0, 0.05) is 24.6 Å². The van der Waals surface area contributed by atoms with Gasteiger partial charge in [-0.1, -0.05) is 19.9 Å². The Morgan fingerprint density at radius 3 is 2.64 bits per heavy atom. The largest absolute Gasteiger partial charge is 0.354 e. The fourth-order valence-electron chi connectivity index (χ4n) is 1.78. The topological polar surface area (TPSA) is 66.9 Å². The molecule has 0 radical (unpaired) electrons. The Balaban J connectivity index is 1.93. The molecule has 0 fully saturated rings. The van der Waals surface area contributed by atoms with Crippen molar-refractivity contribution in [3.8, 4) is 0 Å². The van der Waals surface area contributed by atoms with E-state index in [0.29, 0.717) is 23.1 Å². The van der Waals surface area contributed by atoms with E-state index in [9.17, 15) is 9.18 Å². The first-order valence-corrected chi connectivity index (χ1v) is 7.17. The van der Waals surface area contributed by atoms with Gasteiger partial charge >= 0.3 is 0 Å². The number of carbonyl (C=O) groups excluding carboxylic acids is 1.